The van der Waals surface area contributed by atoms with E-state index < -0.39 is 34.5 Å². The van der Waals surface area contributed by atoms with E-state index >= 15 is 0 Å². The number of methoxy groups -OCH3 is 1. The number of ether oxygens (including phenoxy) is 2. The van der Waals surface area contributed by atoms with Crippen molar-refractivity contribution in [1.29, 1.82) is 5.26 Å². The van der Waals surface area contributed by atoms with Crippen LogP contribution >= 0.6 is 8.60 Å². The fourth-order valence-electron chi connectivity index (χ4n) is 1.63. The zero-order valence-electron chi connectivity index (χ0n) is 15.4. The molecule has 0 radical (unpaired) electrons. The number of allylic oxidation sites excluding steroid dienone is 2. The lowest BCUT2D eigenvalue weighted by Gasteiger charge is -2.23. The maximum Gasteiger partial charge on any atom is 0.333 e. The van der Waals surface area contributed by atoms with Crippen LogP contribution in [0.3, 0.4) is 0 Å². The molecule has 0 spiro atoms. The summed E-state index contributed by atoms with van der Waals surface area (Å²) in [5.41, 5.74) is 0. The Kier molecular flexibility index (Phi) is 8.54. The number of nitrogens with zero attached hydrogens (tertiary/aromatic N) is 1. The van der Waals surface area contributed by atoms with Gasteiger partial charge in [0.25, 0.3) is 0 Å². The van der Waals surface area contributed by atoms with Gasteiger partial charge in [0.1, 0.15) is 6.10 Å². The molecule has 0 aromatic rings. The summed E-state index contributed by atoms with van der Waals surface area (Å²) in [6.45, 7) is 3.37. The SMILES string of the molecule is [2H]C([3H])OCC1OC([3H])CC1OP(OCCC#N)OCC/C=C/C=C. The van der Waals surface area contributed by atoms with Crippen LogP contribution in [0.4, 0.5) is 0 Å². The maximum atomic E-state index is 8.62. The molecule has 1 fully saturated rings. The quantitative estimate of drug-likeness (QED) is 0.310. The smallest absolute Gasteiger partial charge is 0.333 e. The summed E-state index contributed by atoms with van der Waals surface area (Å²) in [7, 11) is -3.12. The van der Waals surface area contributed by atoms with Gasteiger partial charge >= 0.3 is 8.60 Å². The van der Waals surface area contributed by atoms with Crippen molar-refractivity contribution in [3.63, 3.8) is 0 Å². The lowest BCUT2D eigenvalue weighted by Crippen LogP contribution is -2.27. The minimum absolute atomic E-state index is 0.0127. The van der Waals surface area contributed by atoms with Gasteiger partial charge in [-0.15, -0.1) is 0 Å². The van der Waals surface area contributed by atoms with E-state index in [9.17, 15) is 0 Å². The highest BCUT2D eigenvalue weighted by Gasteiger charge is 2.32. The first kappa shape index (κ1) is 14.8. The molecule has 0 bridgehead atoms. The van der Waals surface area contributed by atoms with E-state index in [0.29, 0.717) is 19.4 Å². The predicted molar refractivity (Wildman–Crippen MR) is 84.1 cm³/mol. The van der Waals surface area contributed by atoms with Crippen LogP contribution in [0.5, 0.6) is 0 Å². The van der Waals surface area contributed by atoms with Gasteiger partial charge in [-0.1, -0.05) is 24.8 Å². The average molecular weight is 334 g/mol. The number of hydrogen-bond acceptors (Lipinski definition) is 6. The van der Waals surface area contributed by atoms with Crippen molar-refractivity contribution >= 4 is 8.60 Å². The lowest BCUT2D eigenvalue weighted by atomic mass is 10.2. The minimum atomic E-state index is -1.70. The Bertz CT molecular complexity index is 449. The molecular weight excluding hydrogens is 305 g/mol. The van der Waals surface area contributed by atoms with Crippen molar-refractivity contribution in [1.82, 2.24) is 0 Å². The monoisotopic (exact) mass is 334 g/mol. The van der Waals surface area contributed by atoms with Gasteiger partial charge in [-0.3, -0.25) is 0 Å². The first-order chi connectivity index (χ1) is 12.1. The molecule has 0 aliphatic carbocycles. The molecule has 0 aromatic heterocycles. The topological polar surface area (TPSA) is 69.9 Å². The molecule has 1 saturated heterocycles. The molecule has 5 unspecified atom stereocenters. The van der Waals surface area contributed by atoms with Crippen LogP contribution in [0.1, 0.15) is 23.4 Å². The Hall–Kier alpha value is -0.800. The van der Waals surface area contributed by atoms with Crippen LogP contribution in [0.25, 0.3) is 0 Å². The van der Waals surface area contributed by atoms with Gasteiger partial charge < -0.3 is 23.0 Å². The highest BCUT2D eigenvalue weighted by Crippen LogP contribution is 2.43. The van der Waals surface area contributed by atoms with Gasteiger partial charge in [0.15, 0.2) is 0 Å². The van der Waals surface area contributed by atoms with E-state index in [1.165, 1.54) is 0 Å². The Morgan fingerprint density at radius 2 is 2.50 bits per heavy atom. The normalized spacial score (nSPS) is 29.4. The molecule has 1 aliphatic rings. The molecule has 1 rings (SSSR count). The Labute approximate surface area is 137 Å². The summed E-state index contributed by atoms with van der Waals surface area (Å²) in [4.78, 5) is 0. The molecule has 6 nitrogen and oxygen atoms in total. The molecule has 22 heavy (non-hydrogen) atoms. The zero-order chi connectivity index (χ0) is 18.5. The van der Waals surface area contributed by atoms with Crippen molar-refractivity contribution in [3.05, 3.63) is 24.8 Å². The number of rotatable bonds is 12. The van der Waals surface area contributed by atoms with Gasteiger partial charge in [0.2, 0.25) is 0 Å². The zero-order valence-corrected chi connectivity index (χ0v) is 13.3. The first-order valence-corrected chi connectivity index (χ1v) is 8.07. The summed E-state index contributed by atoms with van der Waals surface area (Å²) in [6, 6.07) is 1.98. The van der Waals surface area contributed by atoms with E-state index in [2.05, 4.69) is 6.58 Å². The van der Waals surface area contributed by atoms with Crippen LogP contribution < -0.4 is 0 Å². The molecule has 0 saturated carbocycles. The van der Waals surface area contributed by atoms with E-state index in [4.69, 9.17) is 32.4 Å². The fourth-order valence-corrected chi connectivity index (χ4v) is 2.76. The van der Waals surface area contributed by atoms with E-state index in [0.717, 1.165) is 0 Å². The first-order valence-electron chi connectivity index (χ1n) is 8.71. The molecule has 0 amide bonds. The van der Waals surface area contributed by atoms with E-state index in [1.807, 2.05) is 18.2 Å². The third-order valence-corrected chi connectivity index (χ3v) is 3.89. The fraction of sp³-hybridized carbons (Fsp3) is 0.667. The van der Waals surface area contributed by atoms with Gasteiger partial charge in [-0.2, -0.15) is 5.26 Å². The van der Waals surface area contributed by atoms with Crippen LogP contribution in [-0.2, 0) is 23.0 Å². The van der Waals surface area contributed by atoms with E-state index in [1.54, 1.807) is 6.08 Å². The summed E-state index contributed by atoms with van der Waals surface area (Å²) in [5, 5.41) is 8.62. The van der Waals surface area contributed by atoms with Crippen LogP contribution in [-0.4, -0.2) is 45.7 Å². The van der Waals surface area contributed by atoms with Crippen LogP contribution in [0.15, 0.2) is 24.8 Å². The van der Waals surface area contributed by atoms with Crippen molar-refractivity contribution < 1.29 is 27.2 Å². The number of hydrogen-bond donors (Lipinski definition) is 0. The third-order valence-electron chi connectivity index (χ3n) is 2.66. The second kappa shape index (κ2) is 12.7. The Morgan fingerprint density at radius 1 is 1.64 bits per heavy atom. The highest BCUT2D eigenvalue weighted by atomic mass is 31.2. The lowest BCUT2D eigenvalue weighted by molar-refractivity contribution is -0.00925. The predicted octanol–water partition coefficient (Wildman–Crippen LogP) is 3.11. The van der Waals surface area contributed by atoms with Gasteiger partial charge in [0, 0.05) is 20.1 Å². The largest absolute Gasteiger partial charge is 0.382 e. The summed E-state index contributed by atoms with van der Waals surface area (Å²) < 4.78 is 49.0. The molecule has 1 aliphatic heterocycles. The number of nitriles is 1. The van der Waals surface area contributed by atoms with Crippen molar-refractivity contribution in [2.75, 3.05) is 33.5 Å². The van der Waals surface area contributed by atoms with Crippen molar-refractivity contribution in [2.24, 2.45) is 0 Å². The van der Waals surface area contributed by atoms with Crippen LogP contribution in [0, 0.1) is 11.3 Å². The molecule has 1 heterocycles. The highest BCUT2D eigenvalue weighted by molar-refractivity contribution is 7.41. The minimum Gasteiger partial charge on any atom is -0.382 e. The molecule has 0 aromatic carbocycles. The van der Waals surface area contributed by atoms with Gasteiger partial charge in [0.05, 0.1) is 42.5 Å². The van der Waals surface area contributed by atoms with Gasteiger partial charge in [-0.25, -0.2) is 0 Å². The van der Waals surface area contributed by atoms with E-state index in [-0.39, 0.29) is 19.6 Å². The summed E-state index contributed by atoms with van der Waals surface area (Å²) in [5.74, 6) is 0. The average Bonchev–Trinajstić information content (AvgIpc) is 2.92. The molecular formula is C15H24NO5P. The molecule has 0 N–H and O–H groups in total. The van der Waals surface area contributed by atoms with Crippen LogP contribution in [0.2, 0.25) is 0 Å². The molecule has 5 atom stereocenters. The second-order valence-corrected chi connectivity index (χ2v) is 5.48. The standard InChI is InChI=1S/C15H24NO5P/c1-3-4-5-6-10-19-22(20-11-7-9-16)21-14-8-12-18-15(14)13-17-2/h3-5,14-15H,1,6-8,10-13H2,2H3/b5-4+/i2TD,12T. The Morgan fingerprint density at radius 3 is 3.27 bits per heavy atom. The summed E-state index contributed by atoms with van der Waals surface area (Å²) >= 11 is 0. The Balaban J connectivity index is 2.52. The van der Waals surface area contributed by atoms with Crippen molar-refractivity contribution in [2.45, 2.75) is 31.5 Å². The molecule has 124 valence electrons. The second-order valence-electron chi connectivity index (χ2n) is 4.30. The van der Waals surface area contributed by atoms with Gasteiger partial charge in [-0.05, 0) is 6.42 Å². The third kappa shape index (κ3) is 8.00. The summed E-state index contributed by atoms with van der Waals surface area (Å²) in [6.07, 6.45) is 5.52. The van der Waals surface area contributed by atoms with Crippen molar-refractivity contribution in [3.8, 4) is 6.07 Å². The maximum absolute atomic E-state index is 8.62. The molecule has 7 heteroatoms.